The van der Waals surface area contributed by atoms with Crippen LogP contribution in [-0.2, 0) is 4.57 Å². The van der Waals surface area contributed by atoms with Crippen molar-refractivity contribution in [2.75, 3.05) is 14.2 Å². The molecule has 0 heterocycles. The third kappa shape index (κ3) is 7.47. The zero-order chi connectivity index (χ0) is 19.0. The van der Waals surface area contributed by atoms with Gasteiger partial charge in [0.05, 0.1) is 14.2 Å². The number of carbonyl (C=O) groups excluding carboxylic acids is 1. The lowest BCUT2D eigenvalue weighted by Gasteiger charge is -2.36. The van der Waals surface area contributed by atoms with Gasteiger partial charge in [0, 0.05) is 11.6 Å². The number of carbonyl (C=O) groups is 1. The molecular formula is C16H16O8P-3. The topological polar surface area (TPSA) is 142 Å². The second kappa shape index (κ2) is 9.31. The van der Waals surface area contributed by atoms with E-state index in [-0.39, 0.29) is 5.78 Å². The largest absolute Gasteiger partial charge is 0.822 e. The maximum absolute atomic E-state index is 12.2. The molecule has 0 saturated heterocycles. The van der Waals surface area contributed by atoms with E-state index in [0.717, 1.165) is 0 Å². The average Bonchev–Trinajstić information content (AvgIpc) is 2.59. The molecule has 0 aliphatic heterocycles. The zero-order valence-electron chi connectivity index (χ0n) is 13.4. The van der Waals surface area contributed by atoms with Gasteiger partial charge in [-0.2, -0.15) is 7.82 Å². The summed E-state index contributed by atoms with van der Waals surface area (Å²) in [6.07, 6.45) is -1.25. The lowest BCUT2D eigenvalue weighted by molar-refractivity contribution is -0.432. The van der Waals surface area contributed by atoms with Crippen LogP contribution in [0, 0.1) is 0 Å². The number of methoxy groups -OCH3 is 2. The van der Waals surface area contributed by atoms with Crippen molar-refractivity contribution < 1.29 is 38.6 Å². The summed E-state index contributed by atoms with van der Waals surface area (Å²) in [6, 6.07) is 13.6. The molecule has 2 aromatic rings. The molecule has 136 valence electrons. The van der Waals surface area contributed by atoms with Crippen LogP contribution in [0.4, 0.5) is 0 Å². The summed E-state index contributed by atoms with van der Waals surface area (Å²) in [7, 11) is -2.35. The first-order chi connectivity index (χ1) is 11.7. The van der Waals surface area contributed by atoms with E-state index in [4.69, 9.17) is 28.7 Å². The van der Waals surface area contributed by atoms with Crippen molar-refractivity contribution in [2.24, 2.45) is 0 Å². The second-order valence-electron chi connectivity index (χ2n) is 4.73. The highest BCUT2D eigenvalue weighted by molar-refractivity contribution is 7.40. The predicted molar refractivity (Wildman–Crippen MR) is 82.9 cm³/mol. The molecule has 0 aliphatic carbocycles. The first kappa shape index (κ1) is 20.8. The molecule has 2 aromatic carbocycles. The Kier molecular flexibility index (Phi) is 7.76. The van der Waals surface area contributed by atoms with Gasteiger partial charge in [-0.1, -0.05) is 30.3 Å². The van der Waals surface area contributed by atoms with Crippen LogP contribution < -0.4 is 24.2 Å². The van der Waals surface area contributed by atoms with Gasteiger partial charge in [-0.15, -0.1) is 0 Å². The maximum atomic E-state index is 12.2. The van der Waals surface area contributed by atoms with Crippen LogP contribution >= 0.6 is 7.82 Å². The summed E-state index contributed by atoms with van der Waals surface area (Å²) in [5, 5.41) is 10.2. The average molecular weight is 367 g/mol. The van der Waals surface area contributed by atoms with Crippen LogP contribution in [-0.4, -0.2) is 25.1 Å². The number of ketones is 1. The molecule has 0 bridgehead atoms. The Labute approximate surface area is 144 Å². The van der Waals surface area contributed by atoms with Gasteiger partial charge in [0.25, 0.3) is 0 Å². The van der Waals surface area contributed by atoms with Crippen LogP contribution in [0.25, 0.3) is 0 Å². The molecule has 0 saturated carbocycles. The highest BCUT2D eigenvalue weighted by Gasteiger charge is 2.20. The molecule has 1 unspecified atom stereocenters. The molecule has 0 aliphatic rings. The van der Waals surface area contributed by atoms with Crippen LogP contribution in [0.15, 0.2) is 48.5 Å². The van der Waals surface area contributed by atoms with Crippen LogP contribution in [0.2, 0.25) is 0 Å². The Morgan fingerprint density at radius 1 is 1.00 bits per heavy atom. The van der Waals surface area contributed by atoms with Gasteiger partial charge >= 0.3 is 0 Å². The van der Waals surface area contributed by atoms with E-state index in [1.807, 2.05) is 6.07 Å². The molecule has 0 radical (unpaired) electrons. The summed E-state index contributed by atoms with van der Waals surface area (Å²) in [4.78, 5) is 37.9. The van der Waals surface area contributed by atoms with Gasteiger partial charge < -0.3 is 33.8 Å². The Morgan fingerprint density at radius 3 is 1.84 bits per heavy atom. The number of ether oxygens (including phenoxy) is 2. The van der Waals surface area contributed by atoms with Gasteiger partial charge in [0.2, 0.25) is 0 Å². The monoisotopic (exact) mass is 367 g/mol. The molecule has 0 amide bonds. The van der Waals surface area contributed by atoms with Gasteiger partial charge in [-0.05, 0) is 17.7 Å². The van der Waals surface area contributed by atoms with Crippen molar-refractivity contribution in [3.8, 4) is 11.5 Å². The summed E-state index contributed by atoms with van der Waals surface area (Å²) in [5.74, 6) is 0.694. The van der Waals surface area contributed by atoms with Gasteiger partial charge in [-0.25, -0.2) is 0 Å². The maximum Gasteiger partial charge on any atom is 0.195 e. The number of phosphoric acid groups is 1. The minimum atomic E-state index is -5.39. The molecule has 0 fully saturated rings. The molecule has 2 rings (SSSR count). The van der Waals surface area contributed by atoms with Crippen molar-refractivity contribution in [1.29, 1.82) is 0 Å². The van der Waals surface area contributed by atoms with Crippen LogP contribution in [0.1, 0.15) is 22.0 Å². The lowest BCUT2D eigenvalue weighted by Crippen LogP contribution is -2.24. The third-order valence-corrected chi connectivity index (χ3v) is 3.00. The van der Waals surface area contributed by atoms with Crippen molar-refractivity contribution in [3.63, 3.8) is 0 Å². The first-order valence-electron chi connectivity index (χ1n) is 6.89. The molecule has 1 N–H and O–H groups in total. The number of Topliss-reactive ketones (excluding diaryl/α,β-unsaturated/α-hetero) is 1. The van der Waals surface area contributed by atoms with E-state index in [9.17, 15) is 9.90 Å². The van der Waals surface area contributed by atoms with Crippen LogP contribution in [0.3, 0.4) is 0 Å². The Balaban J connectivity index is 0.000000550. The summed E-state index contributed by atoms with van der Waals surface area (Å²) >= 11 is 0. The number of aliphatic hydroxyl groups is 1. The molecule has 0 aromatic heterocycles. The van der Waals surface area contributed by atoms with E-state index in [1.54, 1.807) is 42.5 Å². The number of aliphatic hydroxyl groups excluding tert-OH is 1. The Bertz CT molecular complexity index is 711. The minimum Gasteiger partial charge on any atom is -0.822 e. The third-order valence-electron chi connectivity index (χ3n) is 3.00. The summed E-state index contributed by atoms with van der Waals surface area (Å²) in [5.41, 5.74) is 0.900. The minimum absolute atomic E-state index is 0.360. The van der Waals surface area contributed by atoms with E-state index in [2.05, 4.69) is 0 Å². The fraction of sp³-hybridized carbons (Fsp3) is 0.188. The second-order valence-corrected chi connectivity index (χ2v) is 5.62. The number of hydrogen-bond acceptors (Lipinski definition) is 8. The smallest absolute Gasteiger partial charge is 0.195 e. The quantitative estimate of drug-likeness (QED) is 0.565. The van der Waals surface area contributed by atoms with Gasteiger partial charge in [0.15, 0.2) is 5.78 Å². The molecular weight excluding hydrogens is 351 g/mol. The summed E-state index contributed by atoms with van der Waals surface area (Å²) < 4.78 is 18.8. The fourth-order valence-corrected chi connectivity index (χ4v) is 1.90. The number of hydrogen-bond donors (Lipinski definition) is 1. The van der Waals surface area contributed by atoms with Crippen molar-refractivity contribution in [1.82, 2.24) is 0 Å². The van der Waals surface area contributed by atoms with E-state index >= 15 is 0 Å². The first-order valence-corrected chi connectivity index (χ1v) is 8.35. The van der Waals surface area contributed by atoms with Crippen LogP contribution in [0.5, 0.6) is 11.5 Å². The van der Waals surface area contributed by atoms with Crippen molar-refractivity contribution in [2.45, 2.75) is 6.10 Å². The standard InChI is InChI=1S/C16H16O4.H3O4P/c1-19-13-8-12(9-14(10-13)20-2)16(18)15(17)11-6-4-3-5-7-11;1-5(2,3)4/h3-10,16,18H,1-2H3;(H3,1,2,3,4)/p-3. The zero-order valence-corrected chi connectivity index (χ0v) is 14.3. The predicted octanol–water partition coefficient (Wildman–Crippen LogP) is -0.205. The van der Waals surface area contributed by atoms with E-state index < -0.39 is 13.9 Å². The summed E-state index contributed by atoms with van der Waals surface area (Å²) in [6.45, 7) is 0. The molecule has 1 atom stereocenters. The highest BCUT2D eigenvalue weighted by atomic mass is 31.2. The fourth-order valence-electron chi connectivity index (χ4n) is 1.90. The lowest BCUT2D eigenvalue weighted by atomic mass is 9.99. The van der Waals surface area contributed by atoms with E-state index in [1.165, 1.54) is 14.2 Å². The molecule has 9 heteroatoms. The normalized spacial score (nSPS) is 11.8. The SMILES string of the molecule is COc1cc(OC)cc(C(O)C(=O)c2ccccc2)c1.O=P([O-])([O-])[O-]. The number of rotatable bonds is 5. The molecule has 25 heavy (non-hydrogen) atoms. The van der Waals surface area contributed by atoms with Gasteiger partial charge in [0.1, 0.15) is 17.6 Å². The molecule has 0 spiro atoms. The van der Waals surface area contributed by atoms with E-state index in [0.29, 0.717) is 22.6 Å². The van der Waals surface area contributed by atoms with Crippen molar-refractivity contribution in [3.05, 3.63) is 59.7 Å². The van der Waals surface area contributed by atoms with Gasteiger partial charge in [-0.3, -0.25) is 4.79 Å². The molecule has 8 nitrogen and oxygen atoms in total. The Hall–Kier alpha value is -2.22. The van der Waals surface area contributed by atoms with Crippen molar-refractivity contribution >= 4 is 13.6 Å². The Morgan fingerprint density at radius 2 is 1.44 bits per heavy atom. The number of benzene rings is 2. The highest BCUT2D eigenvalue weighted by Crippen LogP contribution is 2.28.